The molecule has 0 spiro atoms. The Labute approximate surface area is 313 Å². The molecule has 0 atom stereocenters. The highest BCUT2D eigenvalue weighted by Gasteiger charge is 2.22. The molecule has 1 heterocycles. The standard InChI is InChI=1S/C11H23N.C10H24N2.C8H19N.C8H16.C7H16O/c1-9(2)11-5-7-12(8-6-11)10(3)4;1-9(2)11(5)7-8-12(6)10(3)4;1-7(2)6-9(5)8(3)4;1-7(2)5-6-8(3)4;1-6(2)5-8-7(3)4/h9-11H,5-8H2,1-4H3;9-10H,7-8H2,1-6H3;7-8H,6H2,1-5H3;5-8H,1-4H3;6-7H,5H2,1-4H3/b;;;6-5+;. The van der Waals surface area contributed by atoms with Gasteiger partial charge in [0.15, 0.2) is 0 Å². The fraction of sp³-hybridized carbons (Fsp3) is 0.955. The normalized spacial score (nSPS) is 14.6. The van der Waals surface area contributed by atoms with Crippen LogP contribution < -0.4 is 0 Å². The van der Waals surface area contributed by atoms with Gasteiger partial charge in [-0.15, -0.1) is 0 Å². The van der Waals surface area contributed by atoms with Crippen LogP contribution in [0, 0.1) is 35.5 Å². The maximum absolute atomic E-state index is 5.30. The molecule has 0 unspecified atom stereocenters. The Morgan fingerprint density at radius 1 is 0.551 bits per heavy atom. The molecular weight excluding hydrogens is 601 g/mol. The third kappa shape index (κ3) is 41.8. The maximum atomic E-state index is 5.30. The summed E-state index contributed by atoms with van der Waals surface area (Å²) >= 11 is 0. The lowest BCUT2D eigenvalue weighted by atomic mass is 9.86. The quantitative estimate of drug-likeness (QED) is 0.158. The van der Waals surface area contributed by atoms with Crippen molar-refractivity contribution >= 4 is 0 Å². The second-order valence-corrected chi connectivity index (χ2v) is 17.9. The summed E-state index contributed by atoms with van der Waals surface area (Å²) in [4.78, 5) is 9.71. The largest absolute Gasteiger partial charge is 0.379 e. The summed E-state index contributed by atoms with van der Waals surface area (Å²) in [6.45, 7) is 51.4. The molecule has 300 valence electrons. The van der Waals surface area contributed by atoms with E-state index < -0.39 is 0 Å². The molecule has 0 saturated carbocycles. The van der Waals surface area contributed by atoms with E-state index in [1.807, 2.05) is 0 Å². The van der Waals surface area contributed by atoms with Gasteiger partial charge in [-0.1, -0.05) is 81.4 Å². The summed E-state index contributed by atoms with van der Waals surface area (Å²) in [7, 11) is 6.53. The molecule has 0 aromatic carbocycles. The summed E-state index contributed by atoms with van der Waals surface area (Å²) < 4.78 is 5.30. The van der Waals surface area contributed by atoms with Crippen molar-refractivity contribution in [1.82, 2.24) is 19.6 Å². The molecule has 0 radical (unpaired) electrons. The smallest absolute Gasteiger partial charge is 0.0518 e. The minimum Gasteiger partial charge on any atom is -0.379 e. The highest BCUT2D eigenvalue weighted by molar-refractivity contribution is 4.86. The first-order valence-electron chi connectivity index (χ1n) is 20.5. The molecule has 5 heteroatoms. The molecule has 1 rings (SSSR count). The fourth-order valence-electron chi connectivity index (χ4n) is 4.55. The monoisotopic (exact) mass is 699 g/mol. The van der Waals surface area contributed by atoms with Gasteiger partial charge in [-0.05, 0) is 152 Å². The molecule has 1 fully saturated rings. The summed E-state index contributed by atoms with van der Waals surface area (Å²) in [6.07, 6.45) is 7.69. The van der Waals surface area contributed by atoms with Crippen molar-refractivity contribution in [3.05, 3.63) is 12.2 Å². The van der Waals surface area contributed by atoms with Crippen LogP contribution in [0.5, 0.6) is 0 Å². The average Bonchev–Trinajstić information content (AvgIpc) is 2.98. The molecule has 5 nitrogen and oxygen atoms in total. The number of rotatable bonds is 15. The van der Waals surface area contributed by atoms with E-state index in [0.29, 0.717) is 42.0 Å². The minimum atomic E-state index is 0.386. The summed E-state index contributed by atoms with van der Waals surface area (Å²) in [6, 6.07) is 2.75. The van der Waals surface area contributed by atoms with Crippen LogP contribution in [0.15, 0.2) is 12.2 Å². The highest BCUT2D eigenvalue weighted by atomic mass is 16.5. The Morgan fingerprint density at radius 2 is 0.918 bits per heavy atom. The second kappa shape index (κ2) is 33.4. The lowest BCUT2D eigenvalue weighted by Crippen LogP contribution is -2.39. The van der Waals surface area contributed by atoms with Crippen LogP contribution in [-0.4, -0.2) is 110 Å². The number of nitrogens with zero attached hydrogens (tertiary/aromatic N) is 4. The van der Waals surface area contributed by atoms with E-state index in [-0.39, 0.29) is 0 Å². The van der Waals surface area contributed by atoms with Crippen LogP contribution in [0.3, 0.4) is 0 Å². The van der Waals surface area contributed by atoms with Crippen LogP contribution in [0.4, 0.5) is 0 Å². The van der Waals surface area contributed by atoms with Gasteiger partial charge in [0.05, 0.1) is 6.10 Å². The van der Waals surface area contributed by atoms with E-state index in [4.69, 9.17) is 4.74 Å². The van der Waals surface area contributed by atoms with Crippen LogP contribution in [0.2, 0.25) is 0 Å². The molecule has 0 aromatic heterocycles. The number of ether oxygens (including phenoxy) is 1. The van der Waals surface area contributed by atoms with Gasteiger partial charge in [-0.2, -0.15) is 0 Å². The van der Waals surface area contributed by atoms with E-state index in [1.54, 1.807) is 0 Å². The first kappa shape index (κ1) is 55.3. The predicted molar refractivity (Wildman–Crippen MR) is 227 cm³/mol. The van der Waals surface area contributed by atoms with Crippen LogP contribution in [0.1, 0.15) is 151 Å². The van der Waals surface area contributed by atoms with Crippen molar-refractivity contribution in [2.45, 2.75) is 182 Å². The molecule has 0 amide bonds. The number of likely N-dealkylation sites (N-methyl/N-ethyl adjacent to an activating group) is 2. The van der Waals surface area contributed by atoms with Crippen molar-refractivity contribution in [3.8, 4) is 0 Å². The Hall–Kier alpha value is -0.460. The van der Waals surface area contributed by atoms with Crippen molar-refractivity contribution in [2.75, 3.05) is 60.5 Å². The predicted octanol–water partition coefficient (Wildman–Crippen LogP) is 11.3. The fourth-order valence-corrected chi connectivity index (χ4v) is 4.55. The molecule has 1 aliphatic rings. The molecule has 0 aliphatic carbocycles. The minimum absolute atomic E-state index is 0.386. The Balaban J connectivity index is -0.000000262. The van der Waals surface area contributed by atoms with Gasteiger partial charge in [0.2, 0.25) is 0 Å². The molecule has 49 heavy (non-hydrogen) atoms. The molecule has 0 bridgehead atoms. The Bertz CT molecular complexity index is 641. The van der Waals surface area contributed by atoms with Crippen molar-refractivity contribution in [1.29, 1.82) is 0 Å². The molecule has 1 saturated heterocycles. The zero-order valence-corrected chi connectivity index (χ0v) is 38.4. The zero-order chi connectivity index (χ0) is 39.4. The lowest BCUT2D eigenvalue weighted by molar-refractivity contribution is 0.0593. The number of piperidine rings is 1. The Kier molecular flexibility index (Phi) is 37.7. The first-order valence-corrected chi connectivity index (χ1v) is 20.5. The third-order valence-electron chi connectivity index (χ3n) is 8.99. The average molecular weight is 699 g/mol. The van der Waals surface area contributed by atoms with Crippen LogP contribution in [-0.2, 0) is 4.74 Å². The van der Waals surface area contributed by atoms with Gasteiger partial charge >= 0.3 is 0 Å². The van der Waals surface area contributed by atoms with Gasteiger partial charge in [-0.3, -0.25) is 0 Å². The van der Waals surface area contributed by atoms with Crippen LogP contribution in [0.25, 0.3) is 0 Å². The molecule has 0 N–H and O–H groups in total. The molecular formula is C44H98N4O. The zero-order valence-electron chi connectivity index (χ0n) is 38.4. The summed E-state index contributed by atoms with van der Waals surface area (Å²) in [5.74, 6) is 4.74. The van der Waals surface area contributed by atoms with Gasteiger partial charge in [0, 0.05) is 50.4 Å². The van der Waals surface area contributed by atoms with Crippen LogP contribution >= 0.6 is 0 Å². The van der Waals surface area contributed by atoms with E-state index in [0.717, 1.165) is 43.5 Å². The van der Waals surface area contributed by atoms with E-state index in [2.05, 4.69) is 191 Å². The van der Waals surface area contributed by atoms with E-state index in [9.17, 15) is 0 Å². The topological polar surface area (TPSA) is 22.2 Å². The summed E-state index contributed by atoms with van der Waals surface area (Å²) in [5, 5.41) is 0. The van der Waals surface area contributed by atoms with Gasteiger partial charge in [0.25, 0.3) is 0 Å². The maximum Gasteiger partial charge on any atom is 0.0518 e. The second-order valence-electron chi connectivity index (χ2n) is 17.9. The van der Waals surface area contributed by atoms with E-state index >= 15 is 0 Å². The van der Waals surface area contributed by atoms with Crippen molar-refractivity contribution < 1.29 is 4.74 Å². The van der Waals surface area contributed by atoms with Gasteiger partial charge in [0.1, 0.15) is 0 Å². The summed E-state index contributed by atoms with van der Waals surface area (Å²) in [5.41, 5.74) is 0. The van der Waals surface area contributed by atoms with E-state index in [1.165, 1.54) is 32.5 Å². The van der Waals surface area contributed by atoms with Gasteiger partial charge in [-0.25, -0.2) is 0 Å². The number of hydrogen-bond donors (Lipinski definition) is 0. The molecule has 1 aliphatic heterocycles. The number of hydrogen-bond acceptors (Lipinski definition) is 5. The molecule has 0 aromatic rings. The highest BCUT2D eigenvalue weighted by Crippen LogP contribution is 2.25. The van der Waals surface area contributed by atoms with Gasteiger partial charge < -0.3 is 24.3 Å². The van der Waals surface area contributed by atoms with Crippen molar-refractivity contribution in [3.63, 3.8) is 0 Å². The lowest BCUT2D eigenvalue weighted by Gasteiger charge is -2.36. The SMILES string of the molecule is CC(C)/C=C/C(C)C.CC(C)C1CCN(C(C)C)CC1.CC(C)CN(C)C(C)C.CC(C)COC(C)C.CC(C)N(C)CCN(C)C(C)C. The first-order chi connectivity index (χ1) is 22.3. The number of allylic oxidation sites excluding steroid dienone is 2. The Morgan fingerprint density at radius 3 is 1.10 bits per heavy atom. The number of likely N-dealkylation sites (tertiary alicyclic amines) is 1. The third-order valence-corrected chi connectivity index (χ3v) is 8.99. The van der Waals surface area contributed by atoms with Crippen molar-refractivity contribution in [2.24, 2.45) is 35.5 Å².